The first-order valence-electron chi connectivity index (χ1n) is 10.5. The quantitative estimate of drug-likeness (QED) is 0.613. The van der Waals surface area contributed by atoms with Crippen LogP contribution in [0.15, 0.2) is 53.4 Å². The zero-order chi connectivity index (χ0) is 23.3. The Labute approximate surface area is 193 Å². The lowest BCUT2D eigenvalue weighted by atomic mass is 10.0. The average molecular weight is 479 g/mol. The van der Waals surface area contributed by atoms with E-state index in [0.29, 0.717) is 19.6 Å². The lowest BCUT2D eigenvalue weighted by molar-refractivity contribution is -0.129. The van der Waals surface area contributed by atoms with Gasteiger partial charge in [0.1, 0.15) is 4.90 Å². The van der Waals surface area contributed by atoms with Crippen LogP contribution in [0.25, 0.3) is 0 Å². The summed E-state index contributed by atoms with van der Waals surface area (Å²) in [6.07, 6.45) is 0.691. The fourth-order valence-electron chi connectivity index (χ4n) is 3.54. The molecule has 2 unspecified atom stereocenters. The molecule has 0 bridgehead atoms. The molecule has 0 aliphatic carbocycles. The van der Waals surface area contributed by atoms with Crippen molar-refractivity contribution in [2.24, 2.45) is 5.92 Å². The number of piperidine rings is 1. The van der Waals surface area contributed by atoms with Crippen molar-refractivity contribution in [3.63, 3.8) is 0 Å². The largest absolute Gasteiger partial charge is 0.449 e. The number of esters is 1. The smallest absolute Gasteiger partial charge is 0.338 e. The summed E-state index contributed by atoms with van der Waals surface area (Å²) in [6, 6.07) is 13.3. The zero-order valence-corrected chi connectivity index (χ0v) is 19.7. The topological polar surface area (TPSA) is 92.8 Å². The van der Waals surface area contributed by atoms with E-state index in [2.05, 4.69) is 5.32 Å². The third-order valence-corrected chi connectivity index (χ3v) is 7.71. The summed E-state index contributed by atoms with van der Waals surface area (Å²) < 4.78 is 32.9. The Morgan fingerprint density at radius 2 is 1.94 bits per heavy atom. The van der Waals surface area contributed by atoms with Crippen LogP contribution in [0, 0.1) is 5.92 Å². The number of halogens is 1. The molecule has 1 saturated heterocycles. The first-order valence-corrected chi connectivity index (χ1v) is 12.3. The SMILES string of the molecule is CC1CCCN(S(=O)(=O)c2cc(C(=O)OC(C)C(=O)NCc3ccccc3)ccc2Cl)C1. The van der Waals surface area contributed by atoms with Crippen molar-refractivity contribution in [2.75, 3.05) is 13.1 Å². The Hall–Kier alpha value is -2.42. The number of carbonyl (C=O) groups is 2. The molecule has 1 fully saturated rings. The molecule has 2 aromatic rings. The first kappa shape index (κ1) is 24.2. The van der Waals surface area contributed by atoms with Crippen molar-refractivity contribution in [1.82, 2.24) is 9.62 Å². The van der Waals surface area contributed by atoms with Crippen LogP contribution in [0.1, 0.15) is 42.6 Å². The molecular formula is C23H27ClN2O5S. The number of carbonyl (C=O) groups excluding carboxylic acids is 2. The molecule has 0 saturated carbocycles. The highest BCUT2D eigenvalue weighted by atomic mass is 35.5. The van der Waals surface area contributed by atoms with Crippen molar-refractivity contribution in [3.05, 3.63) is 64.7 Å². The monoisotopic (exact) mass is 478 g/mol. The van der Waals surface area contributed by atoms with Crippen LogP contribution in [0.3, 0.4) is 0 Å². The molecule has 1 heterocycles. The van der Waals surface area contributed by atoms with Crippen molar-refractivity contribution >= 4 is 33.5 Å². The van der Waals surface area contributed by atoms with Crippen LogP contribution < -0.4 is 5.32 Å². The van der Waals surface area contributed by atoms with Gasteiger partial charge in [0, 0.05) is 19.6 Å². The van der Waals surface area contributed by atoms with Crippen LogP contribution in [0.4, 0.5) is 0 Å². The number of hydrogen-bond acceptors (Lipinski definition) is 5. The standard InChI is InChI=1S/C23H27ClN2O5S/c1-16-7-6-12-26(15-16)32(29,30)21-13-19(10-11-20(21)24)23(28)31-17(2)22(27)25-14-18-8-4-3-5-9-18/h3-5,8-11,13,16-17H,6-7,12,14-15H2,1-2H3,(H,25,27). The molecule has 1 aliphatic heterocycles. The third-order valence-electron chi connectivity index (χ3n) is 5.37. The van der Waals surface area contributed by atoms with E-state index in [4.69, 9.17) is 16.3 Å². The Bertz CT molecular complexity index is 1080. The van der Waals surface area contributed by atoms with E-state index in [9.17, 15) is 18.0 Å². The summed E-state index contributed by atoms with van der Waals surface area (Å²) in [6.45, 7) is 4.59. The van der Waals surface area contributed by atoms with Crippen molar-refractivity contribution < 1.29 is 22.7 Å². The van der Waals surface area contributed by atoms with Gasteiger partial charge in [-0.2, -0.15) is 4.31 Å². The molecule has 32 heavy (non-hydrogen) atoms. The lowest BCUT2D eigenvalue weighted by Gasteiger charge is -2.30. The van der Waals surface area contributed by atoms with Crippen molar-refractivity contribution in [2.45, 2.75) is 44.2 Å². The highest BCUT2D eigenvalue weighted by Gasteiger charge is 2.31. The van der Waals surface area contributed by atoms with E-state index in [-0.39, 0.29) is 21.4 Å². The lowest BCUT2D eigenvalue weighted by Crippen LogP contribution is -2.39. The van der Waals surface area contributed by atoms with E-state index in [1.54, 1.807) is 0 Å². The normalized spacial score (nSPS) is 18.0. The number of amides is 1. The molecule has 172 valence electrons. The van der Waals surface area contributed by atoms with E-state index >= 15 is 0 Å². The molecule has 1 N–H and O–H groups in total. The second-order valence-electron chi connectivity index (χ2n) is 8.01. The Balaban J connectivity index is 1.68. The molecule has 0 spiro atoms. The molecular weight excluding hydrogens is 452 g/mol. The summed E-state index contributed by atoms with van der Waals surface area (Å²) in [4.78, 5) is 24.8. The maximum atomic E-state index is 13.1. The number of sulfonamides is 1. The van der Waals surface area contributed by atoms with Crippen LogP contribution >= 0.6 is 11.6 Å². The number of nitrogens with zero attached hydrogens (tertiary/aromatic N) is 1. The van der Waals surface area contributed by atoms with Crippen LogP contribution in [0.2, 0.25) is 5.02 Å². The highest BCUT2D eigenvalue weighted by Crippen LogP contribution is 2.29. The number of nitrogens with one attached hydrogen (secondary N) is 1. The van der Waals surface area contributed by atoms with Gasteiger partial charge in [-0.15, -0.1) is 0 Å². The number of rotatable bonds is 7. The molecule has 2 aromatic carbocycles. The molecule has 1 aliphatic rings. The van der Waals surface area contributed by atoms with Gasteiger partial charge in [-0.3, -0.25) is 4.79 Å². The number of ether oxygens (including phenoxy) is 1. The zero-order valence-electron chi connectivity index (χ0n) is 18.1. The Kier molecular flexibility index (Phi) is 7.92. The van der Waals surface area contributed by atoms with E-state index in [0.717, 1.165) is 18.4 Å². The summed E-state index contributed by atoms with van der Waals surface area (Å²) >= 11 is 6.17. The summed E-state index contributed by atoms with van der Waals surface area (Å²) in [5.41, 5.74) is 0.930. The van der Waals surface area contributed by atoms with Crippen LogP contribution in [-0.4, -0.2) is 43.8 Å². The molecule has 2 atom stereocenters. The minimum Gasteiger partial charge on any atom is -0.449 e. The minimum atomic E-state index is -3.85. The van der Waals surface area contributed by atoms with Gasteiger partial charge < -0.3 is 10.1 Å². The second kappa shape index (κ2) is 10.5. The van der Waals surface area contributed by atoms with E-state index < -0.39 is 28.0 Å². The van der Waals surface area contributed by atoms with Gasteiger partial charge in [0.05, 0.1) is 10.6 Å². The van der Waals surface area contributed by atoms with E-state index in [1.165, 1.54) is 29.4 Å². The van der Waals surface area contributed by atoms with Gasteiger partial charge in [-0.05, 0) is 49.4 Å². The van der Waals surface area contributed by atoms with Gasteiger partial charge in [-0.1, -0.05) is 48.9 Å². The fourth-order valence-corrected chi connectivity index (χ4v) is 5.64. The number of benzene rings is 2. The van der Waals surface area contributed by atoms with Crippen molar-refractivity contribution in [3.8, 4) is 0 Å². The first-order chi connectivity index (χ1) is 15.2. The predicted molar refractivity (Wildman–Crippen MR) is 122 cm³/mol. The third kappa shape index (κ3) is 5.88. The van der Waals surface area contributed by atoms with Gasteiger partial charge in [0.25, 0.3) is 5.91 Å². The average Bonchev–Trinajstić information content (AvgIpc) is 2.78. The van der Waals surface area contributed by atoms with Crippen molar-refractivity contribution in [1.29, 1.82) is 0 Å². The maximum absolute atomic E-state index is 13.1. The number of hydrogen-bond donors (Lipinski definition) is 1. The summed E-state index contributed by atoms with van der Waals surface area (Å²) in [5.74, 6) is -1.00. The minimum absolute atomic E-state index is 0.0146. The molecule has 1 amide bonds. The summed E-state index contributed by atoms with van der Waals surface area (Å²) in [5, 5.41) is 2.74. The maximum Gasteiger partial charge on any atom is 0.338 e. The van der Waals surface area contributed by atoms with Crippen LogP contribution in [0.5, 0.6) is 0 Å². The molecule has 9 heteroatoms. The molecule has 0 aromatic heterocycles. The highest BCUT2D eigenvalue weighted by molar-refractivity contribution is 7.89. The second-order valence-corrected chi connectivity index (χ2v) is 10.3. The van der Waals surface area contributed by atoms with Gasteiger partial charge in [0.2, 0.25) is 10.0 Å². The van der Waals surface area contributed by atoms with Gasteiger partial charge in [-0.25, -0.2) is 13.2 Å². The summed E-state index contributed by atoms with van der Waals surface area (Å²) in [7, 11) is -3.85. The molecule has 3 rings (SSSR count). The van der Waals surface area contributed by atoms with E-state index in [1.807, 2.05) is 37.3 Å². The Morgan fingerprint density at radius 3 is 2.62 bits per heavy atom. The fraction of sp³-hybridized carbons (Fsp3) is 0.391. The van der Waals surface area contributed by atoms with Gasteiger partial charge >= 0.3 is 5.97 Å². The molecule has 0 radical (unpaired) electrons. The predicted octanol–water partition coefficient (Wildman–Crippen LogP) is 3.62. The molecule has 7 nitrogen and oxygen atoms in total. The Morgan fingerprint density at radius 1 is 1.22 bits per heavy atom. The van der Waals surface area contributed by atoms with Crippen LogP contribution in [-0.2, 0) is 26.1 Å². The van der Waals surface area contributed by atoms with Gasteiger partial charge in [0.15, 0.2) is 6.10 Å².